The third-order valence-electron chi connectivity index (χ3n) is 7.09. The van der Waals surface area contributed by atoms with Crippen LogP contribution in [-0.4, -0.2) is 45.9 Å². The van der Waals surface area contributed by atoms with Crippen LogP contribution in [0, 0.1) is 5.92 Å². The van der Waals surface area contributed by atoms with Crippen LogP contribution < -0.4 is 5.32 Å². The number of fused-ring (bicyclic) bond motifs is 1. The van der Waals surface area contributed by atoms with Crippen molar-refractivity contribution in [3.8, 4) is 0 Å². The summed E-state index contributed by atoms with van der Waals surface area (Å²) in [7, 11) is 0. The predicted molar refractivity (Wildman–Crippen MR) is 127 cm³/mol. The molecule has 174 valence electrons. The fourth-order valence-electron chi connectivity index (χ4n) is 5.18. The molecular weight excluding hydrogens is 400 g/mol. The zero-order chi connectivity index (χ0) is 22.2. The Kier molecular flexibility index (Phi) is 8.18. The summed E-state index contributed by atoms with van der Waals surface area (Å²) in [5.74, 6) is 1.70. The number of unbranched alkanes of at least 4 members (excludes halogenated alkanes) is 2. The van der Waals surface area contributed by atoms with Crippen molar-refractivity contribution in [1.29, 1.82) is 0 Å². The van der Waals surface area contributed by atoms with Gasteiger partial charge in [-0.1, -0.05) is 37.8 Å². The quantitative estimate of drug-likeness (QED) is 0.588. The second kappa shape index (κ2) is 11.5. The number of imidazole rings is 1. The molecule has 1 aromatic heterocycles. The molecule has 2 heterocycles. The number of aromatic nitrogens is 2. The maximum Gasteiger partial charge on any atom is 0.242 e. The summed E-state index contributed by atoms with van der Waals surface area (Å²) in [4.78, 5) is 32.0. The molecule has 4 rings (SSSR count). The van der Waals surface area contributed by atoms with E-state index in [-0.39, 0.29) is 17.7 Å². The topological polar surface area (TPSA) is 67.2 Å². The summed E-state index contributed by atoms with van der Waals surface area (Å²) in [6.45, 7) is 2.91. The number of nitrogens with zero attached hydrogens (tertiary/aromatic N) is 3. The number of benzene rings is 1. The lowest BCUT2D eigenvalue weighted by Gasteiger charge is -2.27. The molecule has 2 aromatic rings. The summed E-state index contributed by atoms with van der Waals surface area (Å²) in [5.41, 5.74) is 2.02. The van der Waals surface area contributed by atoms with Gasteiger partial charge in [0.1, 0.15) is 12.4 Å². The van der Waals surface area contributed by atoms with Gasteiger partial charge in [-0.2, -0.15) is 0 Å². The molecule has 2 fully saturated rings. The molecule has 2 amide bonds. The smallest absolute Gasteiger partial charge is 0.242 e. The lowest BCUT2D eigenvalue weighted by atomic mass is 9.89. The highest BCUT2D eigenvalue weighted by Crippen LogP contribution is 2.23. The molecule has 1 aromatic carbocycles. The van der Waals surface area contributed by atoms with E-state index in [1.165, 1.54) is 25.7 Å². The van der Waals surface area contributed by atoms with Gasteiger partial charge < -0.3 is 14.8 Å². The minimum atomic E-state index is 0.208. The lowest BCUT2D eigenvalue weighted by Crippen LogP contribution is -2.38. The Balaban J connectivity index is 1.27. The first-order valence-electron chi connectivity index (χ1n) is 12.7. The van der Waals surface area contributed by atoms with Crippen LogP contribution in [-0.2, 0) is 22.6 Å². The number of nitrogens with one attached hydrogen (secondary N) is 1. The molecule has 0 radical (unpaired) electrons. The normalized spacial score (nSPS) is 17.6. The van der Waals surface area contributed by atoms with E-state index >= 15 is 0 Å². The van der Waals surface area contributed by atoms with Crippen LogP contribution in [0.4, 0.5) is 0 Å². The predicted octanol–water partition coefficient (Wildman–Crippen LogP) is 4.46. The second-order valence-electron chi connectivity index (χ2n) is 9.48. The number of amides is 2. The van der Waals surface area contributed by atoms with Crippen LogP contribution in [0.3, 0.4) is 0 Å². The molecule has 1 N–H and O–H groups in total. The summed E-state index contributed by atoms with van der Waals surface area (Å²) in [5, 5.41) is 3.14. The minimum Gasteiger partial charge on any atom is -0.356 e. The standard InChI is InChI=1S/C26H38N4O2/c31-25(29-18-10-3-11-19-29)20-30-23-15-8-7-14-22(23)28-24(30)16-6-2-9-17-27-26(32)21-12-4-1-5-13-21/h7-8,14-15,21H,1-6,9-13,16-20H2,(H,27,32). The number of hydrogen-bond acceptors (Lipinski definition) is 3. The van der Waals surface area contributed by atoms with E-state index in [2.05, 4.69) is 16.0 Å². The number of rotatable bonds is 9. The van der Waals surface area contributed by atoms with Crippen LogP contribution in [0.1, 0.15) is 76.5 Å². The van der Waals surface area contributed by atoms with Crippen molar-refractivity contribution in [1.82, 2.24) is 19.8 Å². The molecule has 1 saturated heterocycles. The van der Waals surface area contributed by atoms with Gasteiger partial charge in [-0.3, -0.25) is 9.59 Å². The number of aryl methyl sites for hydroxylation is 1. The van der Waals surface area contributed by atoms with Crippen molar-refractivity contribution in [2.45, 2.75) is 83.6 Å². The van der Waals surface area contributed by atoms with Gasteiger partial charge in [0.05, 0.1) is 11.0 Å². The van der Waals surface area contributed by atoms with Crippen LogP contribution in [0.2, 0.25) is 0 Å². The number of piperidine rings is 1. The zero-order valence-electron chi connectivity index (χ0n) is 19.4. The first-order chi connectivity index (χ1) is 15.7. The third kappa shape index (κ3) is 5.90. The fourth-order valence-corrected chi connectivity index (χ4v) is 5.18. The Labute approximate surface area is 191 Å². The van der Waals surface area contributed by atoms with Gasteiger partial charge in [0.2, 0.25) is 11.8 Å². The van der Waals surface area contributed by atoms with E-state index in [0.29, 0.717) is 6.54 Å². The van der Waals surface area contributed by atoms with E-state index in [1.54, 1.807) is 0 Å². The molecule has 32 heavy (non-hydrogen) atoms. The highest BCUT2D eigenvalue weighted by molar-refractivity contribution is 5.81. The van der Waals surface area contributed by atoms with Gasteiger partial charge >= 0.3 is 0 Å². The number of carbonyl (C=O) groups is 2. The summed E-state index contributed by atoms with van der Waals surface area (Å²) in [6.07, 6.45) is 13.1. The third-order valence-corrected chi connectivity index (χ3v) is 7.09. The number of para-hydroxylation sites is 2. The van der Waals surface area contributed by atoms with E-state index in [9.17, 15) is 9.59 Å². The average molecular weight is 439 g/mol. The molecule has 6 heteroatoms. The molecule has 0 bridgehead atoms. The highest BCUT2D eigenvalue weighted by atomic mass is 16.2. The Morgan fingerprint density at radius 2 is 1.69 bits per heavy atom. The molecule has 0 spiro atoms. The van der Waals surface area contributed by atoms with Crippen molar-refractivity contribution in [2.24, 2.45) is 5.92 Å². The fraction of sp³-hybridized carbons (Fsp3) is 0.654. The zero-order valence-corrected chi connectivity index (χ0v) is 19.4. The molecule has 0 atom stereocenters. The van der Waals surface area contributed by atoms with Gasteiger partial charge in [0.15, 0.2) is 0 Å². The summed E-state index contributed by atoms with van der Waals surface area (Å²) in [6, 6.07) is 8.12. The molecule has 2 aliphatic rings. The van der Waals surface area contributed by atoms with Crippen molar-refractivity contribution >= 4 is 22.8 Å². The van der Waals surface area contributed by atoms with E-state index < -0.39 is 0 Å². The van der Waals surface area contributed by atoms with Crippen LogP contribution in [0.15, 0.2) is 24.3 Å². The maximum absolute atomic E-state index is 12.9. The van der Waals surface area contributed by atoms with Crippen molar-refractivity contribution < 1.29 is 9.59 Å². The Hall–Kier alpha value is -2.37. The van der Waals surface area contributed by atoms with Gasteiger partial charge in [-0.05, 0) is 57.1 Å². The highest BCUT2D eigenvalue weighted by Gasteiger charge is 2.21. The van der Waals surface area contributed by atoms with Gasteiger partial charge in [-0.25, -0.2) is 4.98 Å². The molecule has 1 saturated carbocycles. The molecule has 0 unspecified atom stereocenters. The van der Waals surface area contributed by atoms with Gasteiger partial charge in [-0.15, -0.1) is 0 Å². The SMILES string of the molecule is O=C(NCCCCCc1nc2ccccc2n1CC(=O)N1CCCCC1)C1CCCCC1. The second-order valence-corrected chi connectivity index (χ2v) is 9.48. The van der Waals surface area contributed by atoms with Gasteiger partial charge in [0.25, 0.3) is 0 Å². The average Bonchev–Trinajstić information content (AvgIpc) is 3.19. The van der Waals surface area contributed by atoms with Crippen LogP contribution in [0.25, 0.3) is 11.0 Å². The molecule has 6 nitrogen and oxygen atoms in total. The van der Waals surface area contributed by atoms with Crippen LogP contribution in [0.5, 0.6) is 0 Å². The van der Waals surface area contributed by atoms with E-state index in [0.717, 1.165) is 87.9 Å². The van der Waals surface area contributed by atoms with Crippen molar-refractivity contribution in [3.05, 3.63) is 30.1 Å². The first-order valence-corrected chi connectivity index (χ1v) is 12.7. The lowest BCUT2D eigenvalue weighted by molar-refractivity contribution is -0.132. The van der Waals surface area contributed by atoms with Crippen molar-refractivity contribution in [2.75, 3.05) is 19.6 Å². The van der Waals surface area contributed by atoms with Gasteiger partial charge in [0, 0.05) is 32.0 Å². The molecule has 1 aliphatic heterocycles. The number of carbonyl (C=O) groups excluding carboxylic acids is 2. The maximum atomic E-state index is 12.9. The van der Waals surface area contributed by atoms with E-state index in [1.807, 2.05) is 23.1 Å². The first kappa shape index (κ1) is 22.8. The molecule has 1 aliphatic carbocycles. The number of likely N-dealkylation sites (tertiary alicyclic amines) is 1. The Morgan fingerprint density at radius 1 is 0.938 bits per heavy atom. The Bertz CT molecular complexity index is 894. The summed E-state index contributed by atoms with van der Waals surface area (Å²) < 4.78 is 2.12. The van der Waals surface area contributed by atoms with Crippen LogP contribution >= 0.6 is 0 Å². The monoisotopic (exact) mass is 438 g/mol. The molecular formula is C26H38N4O2. The minimum absolute atomic E-state index is 0.208. The van der Waals surface area contributed by atoms with E-state index in [4.69, 9.17) is 4.98 Å². The largest absolute Gasteiger partial charge is 0.356 e. The summed E-state index contributed by atoms with van der Waals surface area (Å²) >= 11 is 0. The van der Waals surface area contributed by atoms with Crippen molar-refractivity contribution in [3.63, 3.8) is 0 Å². The Morgan fingerprint density at radius 3 is 2.50 bits per heavy atom. The number of hydrogen-bond donors (Lipinski definition) is 1.